The van der Waals surface area contributed by atoms with Crippen molar-refractivity contribution in [3.63, 3.8) is 0 Å². The van der Waals surface area contributed by atoms with Crippen LogP contribution in [0.15, 0.2) is 16.2 Å². The molecule has 1 aromatic heterocycles. The van der Waals surface area contributed by atoms with Crippen LogP contribution >= 0.6 is 11.8 Å². The van der Waals surface area contributed by atoms with Crippen LogP contribution in [0.4, 0.5) is 0 Å². The number of nitrogens with zero attached hydrogens (tertiary/aromatic N) is 2. The van der Waals surface area contributed by atoms with Gasteiger partial charge in [-0.05, 0) is 43.1 Å². The van der Waals surface area contributed by atoms with Crippen LogP contribution < -0.4 is 5.73 Å². The van der Waals surface area contributed by atoms with Crippen LogP contribution in [-0.2, 0) is 12.8 Å². The van der Waals surface area contributed by atoms with Crippen LogP contribution in [0.1, 0.15) is 36.6 Å². The Morgan fingerprint density at radius 3 is 3.12 bits per heavy atom. The highest BCUT2D eigenvalue weighted by molar-refractivity contribution is 7.99. The van der Waals surface area contributed by atoms with Gasteiger partial charge in [0.05, 0.1) is 5.56 Å². The summed E-state index contributed by atoms with van der Waals surface area (Å²) < 4.78 is 0. The number of thioether (sulfide) groups is 1. The molecular formula is C12H17N3OS. The normalized spacial score (nSPS) is 15.0. The molecule has 3 N–H and O–H groups in total. The van der Waals surface area contributed by atoms with Crippen LogP contribution in [0.25, 0.3) is 0 Å². The number of amidine groups is 1. The summed E-state index contributed by atoms with van der Waals surface area (Å²) in [5.41, 5.74) is 8.90. The molecule has 0 unspecified atom stereocenters. The van der Waals surface area contributed by atoms with Crippen LogP contribution in [-0.4, -0.2) is 21.8 Å². The number of fused-ring (bicyclic) bond motifs is 1. The highest BCUT2D eigenvalue weighted by Crippen LogP contribution is 2.28. The van der Waals surface area contributed by atoms with Crippen molar-refractivity contribution in [3.05, 3.63) is 22.9 Å². The molecule has 2 rings (SSSR count). The summed E-state index contributed by atoms with van der Waals surface area (Å²) in [5, 5.41) is 12.8. The molecule has 0 radical (unpaired) electrons. The lowest BCUT2D eigenvalue weighted by Crippen LogP contribution is -2.16. The molecule has 1 heterocycles. The Balaban J connectivity index is 2.39. The van der Waals surface area contributed by atoms with E-state index in [4.69, 9.17) is 10.9 Å². The number of pyridine rings is 1. The Hall–Kier alpha value is -1.23. The first kappa shape index (κ1) is 12.2. The van der Waals surface area contributed by atoms with Gasteiger partial charge in [0, 0.05) is 5.69 Å². The van der Waals surface area contributed by atoms with Gasteiger partial charge in [0.25, 0.3) is 0 Å². The molecule has 5 heteroatoms. The maximum absolute atomic E-state index is 8.81. The lowest BCUT2D eigenvalue weighted by Gasteiger charge is -2.09. The Morgan fingerprint density at radius 1 is 1.59 bits per heavy atom. The predicted octanol–water partition coefficient (Wildman–Crippen LogP) is 2.17. The van der Waals surface area contributed by atoms with Gasteiger partial charge < -0.3 is 10.9 Å². The second-order valence-electron chi connectivity index (χ2n) is 4.13. The van der Waals surface area contributed by atoms with Crippen LogP contribution in [0, 0.1) is 0 Å². The maximum Gasteiger partial charge on any atom is 0.172 e. The van der Waals surface area contributed by atoms with E-state index in [2.05, 4.69) is 17.1 Å². The third kappa shape index (κ3) is 2.54. The average molecular weight is 251 g/mol. The first-order valence-corrected chi connectivity index (χ1v) is 6.88. The second-order valence-corrected chi connectivity index (χ2v) is 5.22. The van der Waals surface area contributed by atoms with Gasteiger partial charge in [-0.3, -0.25) is 0 Å². The van der Waals surface area contributed by atoms with Gasteiger partial charge in [-0.2, -0.15) is 0 Å². The number of aromatic nitrogens is 1. The summed E-state index contributed by atoms with van der Waals surface area (Å²) in [6.07, 6.45) is 4.33. The number of hydrogen-bond acceptors (Lipinski definition) is 4. The quantitative estimate of drug-likeness (QED) is 0.283. The van der Waals surface area contributed by atoms with Crippen molar-refractivity contribution >= 4 is 17.6 Å². The van der Waals surface area contributed by atoms with E-state index < -0.39 is 0 Å². The smallest absolute Gasteiger partial charge is 0.172 e. The Kier molecular flexibility index (Phi) is 3.89. The molecule has 1 aromatic rings. The van der Waals surface area contributed by atoms with E-state index in [0.717, 1.165) is 42.0 Å². The molecule has 0 amide bonds. The van der Waals surface area contributed by atoms with E-state index in [0.29, 0.717) is 0 Å². The molecule has 0 fully saturated rings. The van der Waals surface area contributed by atoms with Crippen molar-refractivity contribution in [2.75, 3.05) is 5.75 Å². The third-order valence-corrected chi connectivity index (χ3v) is 4.04. The van der Waals surface area contributed by atoms with E-state index in [-0.39, 0.29) is 5.84 Å². The van der Waals surface area contributed by atoms with E-state index >= 15 is 0 Å². The number of rotatable bonds is 4. The fourth-order valence-electron chi connectivity index (χ4n) is 2.00. The minimum absolute atomic E-state index is 0.158. The molecule has 0 saturated carbocycles. The number of hydrogen-bond donors (Lipinski definition) is 2. The number of nitrogens with two attached hydrogens (primary N) is 1. The monoisotopic (exact) mass is 251 g/mol. The Bertz CT molecular complexity index is 446. The van der Waals surface area contributed by atoms with E-state index in [1.165, 1.54) is 11.3 Å². The summed E-state index contributed by atoms with van der Waals surface area (Å²) in [6, 6.07) is 2.03. The molecule has 1 aliphatic carbocycles. The van der Waals surface area contributed by atoms with Gasteiger partial charge in [0.1, 0.15) is 5.03 Å². The van der Waals surface area contributed by atoms with E-state index in [1.807, 2.05) is 6.07 Å². The van der Waals surface area contributed by atoms with Crippen molar-refractivity contribution in [2.24, 2.45) is 10.9 Å². The molecule has 0 aromatic carbocycles. The van der Waals surface area contributed by atoms with Gasteiger partial charge in [-0.15, -0.1) is 11.8 Å². The third-order valence-electron chi connectivity index (χ3n) is 2.84. The Labute approximate surface area is 105 Å². The minimum atomic E-state index is 0.158. The zero-order chi connectivity index (χ0) is 12.3. The second kappa shape index (κ2) is 5.40. The van der Waals surface area contributed by atoms with Gasteiger partial charge in [-0.25, -0.2) is 4.98 Å². The largest absolute Gasteiger partial charge is 0.409 e. The van der Waals surface area contributed by atoms with Gasteiger partial charge in [0.2, 0.25) is 0 Å². The summed E-state index contributed by atoms with van der Waals surface area (Å²) >= 11 is 1.67. The minimum Gasteiger partial charge on any atom is -0.409 e. The number of aryl methyl sites for hydroxylation is 2. The fraction of sp³-hybridized carbons (Fsp3) is 0.500. The summed E-state index contributed by atoms with van der Waals surface area (Å²) in [6.45, 7) is 2.13. The molecule has 17 heavy (non-hydrogen) atoms. The number of oxime groups is 1. The predicted molar refractivity (Wildman–Crippen MR) is 69.8 cm³/mol. The molecule has 92 valence electrons. The van der Waals surface area contributed by atoms with Gasteiger partial charge in [-0.1, -0.05) is 12.1 Å². The Morgan fingerprint density at radius 2 is 2.41 bits per heavy atom. The first-order chi connectivity index (χ1) is 8.26. The molecular weight excluding hydrogens is 234 g/mol. The van der Waals surface area contributed by atoms with Crippen molar-refractivity contribution in [3.8, 4) is 0 Å². The van der Waals surface area contributed by atoms with Crippen molar-refractivity contribution in [2.45, 2.75) is 37.6 Å². The maximum atomic E-state index is 8.81. The molecule has 0 saturated heterocycles. The topological polar surface area (TPSA) is 71.5 Å². The molecule has 0 atom stereocenters. The fourth-order valence-corrected chi connectivity index (χ4v) is 2.89. The summed E-state index contributed by atoms with van der Waals surface area (Å²) in [7, 11) is 0. The molecule has 0 spiro atoms. The summed E-state index contributed by atoms with van der Waals surface area (Å²) in [4.78, 5) is 4.65. The molecule has 1 aliphatic rings. The zero-order valence-electron chi connectivity index (χ0n) is 9.94. The lowest BCUT2D eigenvalue weighted by molar-refractivity contribution is 0.318. The van der Waals surface area contributed by atoms with Gasteiger partial charge >= 0.3 is 0 Å². The molecule has 0 bridgehead atoms. The highest BCUT2D eigenvalue weighted by Gasteiger charge is 2.18. The average Bonchev–Trinajstić information content (AvgIpc) is 2.81. The van der Waals surface area contributed by atoms with Crippen LogP contribution in [0.5, 0.6) is 0 Å². The zero-order valence-corrected chi connectivity index (χ0v) is 10.8. The standard InChI is InChI=1S/C12H17N3OS/c1-2-6-17-12-9(11(13)15-16)7-8-4-3-5-10(8)14-12/h7,16H,2-6H2,1H3,(H2,13,15). The highest BCUT2D eigenvalue weighted by atomic mass is 32.2. The SMILES string of the molecule is CCCSc1nc2c(cc1C(N)=NO)CCC2. The van der Waals surface area contributed by atoms with E-state index in [1.54, 1.807) is 11.8 Å². The summed E-state index contributed by atoms with van der Waals surface area (Å²) in [5.74, 6) is 1.16. The van der Waals surface area contributed by atoms with Gasteiger partial charge in [0.15, 0.2) is 5.84 Å². The first-order valence-electron chi connectivity index (χ1n) is 5.89. The van der Waals surface area contributed by atoms with Crippen LogP contribution in [0.3, 0.4) is 0 Å². The molecule has 4 nitrogen and oxygen atoms in total. The van der Waals surface area contributed by atoms with Crippen molar-refractivity contribution in [1.82, 2.24) is 4.98 Å². The van der Waals surface area contributed by atoms with Crippen molar-refractivity contribution < 1.29 is 5.21 Å². The van der Waals surface area contributed by atoms with Crippen LogP contribution in [0.2, 0.25) is 0 Å². The lowest BCUT2D eigenvalue weighted by atomic mass is 10.1. The molecule has 0 aliphatic heterocycles. The van der Waals surface area contributed by atoms with E-state index in [9.17, 15) is 0 Å². The van der Waals surface area contributed by atoms with Crippen molar-refractivity contribution in [1.29, 1.82) is 0 Å².